The van der Waals surface area contributed by atoms with Gasteiger partial charge in [0.25, 0.3) is 5.91 Å². The predicted octanol–water partition coefficient (Wildman–Crippen LogP) is 1.52. The van der Waals surface area contributed by atoms with Crippen LogP contribution in [0.1, 0.15) is 29.8 Å². The lowest BCUT2D eigenvalue weighted by atomic mass is 10.0. The van der Waals surface area contributed by atoms with E-state index < -0.39 is 0 Å². The summed E-state index contributed by atoms with van der Waals surface area (Å²) in [7, 11) is 0. The van der Waals surface area contributed by atoms with Crippen LogP contribution in [0.4, 0.5) is 0 Å². The molecule has 1 aromatic carbocycles. The largest absolute Gasteiger partial charge is 0.333 e. The number of aromatic amines is 1. The van der Waals surface area contributed by atoms with E-state index in [4.69, 9.17) is 5.73 Å². The maximum Gasteiger partial charge on any atom is 0.275 e. The Kier molecular flexibility index (Phi) is 3.21. The topological polar surface area (TPSA) is 75.0 Å². The van der Waals surface area contributed by atoms with Crippen molar-refractivity contribution < 1.29 is 4.79 Å². The van der Waals surface area contributed by atoms with Gasteiger partial charge in [0.1, 0.15) is 0 Å². The molecule has 3 N–H and O–H groups in total. The van der Waals surface area contributed by atoms with Gasteiger partial charge in [-0.1, -0.05) is 18.2 Å². The lowest BCUT2D eigenvalue weighted by molar-refractivity contribution is 0.0619. The fourth-order valence-corrected chi connectivity index (χ4v) is 2.78. The van der Waals surface area contributed by atoms with Crippen molar-refractivity contribution in [2.24, 2.45) is 5.73 Å². The van der Waals surface area contributed by atoms with Crippen molar-refractivity contribution >= 4 is 16.8 Å². The monoisotopic (exact) mass is 258 g/mol. The maximum atomic E-state index is 12.6. The number of piperidine rings is 1. The van der Waals surface area contributed by atoms with Crippen LogP contribution in [0.15, 0.2) is 24.3 Å². The van der Waals surface area contributed by atoms with Gasteiger partial charge in [-0.25, -0.2) is 0 Å². The lowest BCUT2D eigenvalue weighted by Crippen LogP contribution is -2.47. The molecule has 1 atom stereocenters. The molecule has 1 aliphatic rings. The highest BCUT2D eigenvalue weighted by Crippen LogP contribution is 2.22. The molecule has 2 heterocycles. The summed E-state index contributed by atoms with van der Waals surface area (Å²) in [5.41, 5.74) is 7.18. The van der Waals surface area contributed by atoms with Gasteiger partial charge < -0.3 is 10.6 Å². The van der Waals surface area contributed by atoms with E-state index in [-0.39, 0.29) is 11.9 Å². The minimum Gasteiger partial charge on any atom is -0.333 e. The third kappa shape index (κ3) is 2.10. The predicted molar refractivity (Wildman–Crippen MR) is 73.8 cm³/mol. The molecule has 0 spiro atoms. The highest BCUT2D eigenvalue weighted by Gasteiger charge is 2.28. The molecular weight excluding hydrogens is 240 g/mol. The molecule has 5 heteroatoms. The normalized spacial score (nSPS) is 19.8. The molecule has 1 unspecified atom stereocenters. The molecule has 1 amide bonds. The molecule has 19 heavy (non-hydrogen) atoms. The van der Waals surface area contributed by atoms with E-state index in [0.29, 0.717) is 12.2 Å². The zero-order valence-electron chi connectivity index (χ0n) is 10.8. The Hall–Kier alpha value is -1.88. The molecule has 0 radical (unpaired) electrons. The first-order valence-corrected chi connectivity index (χ1v) is 6.75. The molecule has 2 aromatic rings. The third-order valence-electron chi connectivity index (χ3n) is 3.83. The Bertz CT molecular complexity index is 592. The number of hydrogen-bond acceptors (Lipinski definition) is 3. The van der Waals surface area contributed by atoms with Crippen molar-refractivity contribution in [1.82, 2.24) is 15.1 Å². The number of fused-ring (bicyclic) bond motifs is 1. The molecular formula is C14H18N4O. The molecule has 0 aliphatic carbocycles. The van der Waals surface area contributed by atoms with Crippen molar-refractivity contribution in [1.29, 1.82) is 0 Å². The Balaban J connectivity index is 1.94. The zero-order valence-corrected chi connectivity index (χ0v) is 10.8. The highest BCUT2D eigenvalue weighted by atomic mass is 16.2. The molecule has 1 aromatic heterocycles. The van der Waals surface area contributed by atoms with E-state index in [1.54, 1.807) is 0 Å². The second-order valence-electron chi connectivity index (χ2n) is 5.00. The zero-order chi connectivity index (χ0) is 13.2. The summed E-state index contributed by atoms with van der Waals surface area (Å²) in [5.74, 6) is -0.00685. The van der Waals surface area contributed by atoms with Gasteiger partial charge in [0.15, 0.2) is 5.69 Å². The first-order valence-electron chi connectivity index (χ1n) is 6.75. The number of amides is 1. The van der Waals surface area contributed by atoms with Crippen LogP contribution in [-0.4, -0.2) is 40.1 Å². The fraction of sp³-hybridized carbons (Fsp3) is 0.429. The van der Waals surface area contributed by atoms with Gasteiger partial charge >= 0.3 is 0 Å². The smallest absolute Gasteiger partial charge is 0.275 e. The number of para-hydroxylation sites is 1. The van der Waals surface area contributed by atoms with E-state index in [9.17, 15) is 4.79 Å². The van der Waals surface area contributed by atoms with Crippen molar-refractivity contribution in [2.75, 3.05) is 13.1 Å². The number of nitrogens with zero attached hydrogens (tertiary/aromatic N) is 2. The molecule has 0 saturated carbocycles. The molecule has 0 bridgehead atoms. The minimum absolute atomic E-state index is 0.00685. The summed E-state index contributed by atoms with van der Waals surface area (Å²) in [6.07, 6.45) is 3.18. The second kappa shape index (κ2) is 5.01. The van der Waals surface area contributed by atoms with Crippen LogP contribution >= 0.6 is 0 Å². The molecule has 3 rings (SSSR count). The van der Waals surface area contributed by atoms with Crippen LogP contribution in [0.2, 0.25) is 0 Å². The first-order chi connectivity index (χ1) is 9.31. The quantitative estimate of drug-likeness (QED) is 0.857. The number of likely N-dealkylation sites (tertiary alicyclic amines) is 1. The van der Waals surface area contributed by atoms with Crippen molar-refractivity contribution in [3.05, 3.63) is 30.0 Å². The van der Waals surface area contributed by atoms with E-state index in [1.807, 2.05) is 29.2 Å². The number of aromatic nitrogens is 2. The molecule has 1 saturated heterocycles. The Labute approximate surface area is 111 Å². The number of carbonyl (C=O) groups excluding carboxylic acids is 1. The van der Waals surface area contributed by atoms with Crippen LogP contribution < -0.4 is 5.73 Å². The minimum atomic E-state index is -0.00685. The summed E-state index contributed by atoms with van der Waals surface area (Å²) in [6, 6.07) is 7.85. The standard InChI is InChI=1S/C14H18N4O/c15-9-10-5-3-4-8-18(10)14(19)13-11-6-1-2-7-12(11)16-17-13/h1-2,6-7,10H,3-5,8-9,15H2,(H,16,17). The van der Waals surface area contributed by atoms with Crippen LogP contribution in [0.25, 0.3) is 10.9 Å². The second-order valence-corrected chi connectivity index (χ2v) is 5.00. The number of benzene rings is 1. The van der Waals surface area contributed by atoms with E-state index in [2.05, 4.69) is 10.2 Å². The first kappa shape index (κ1) is 12.2. The van der Waals surface area contributed by atoms with Gasteiger partial charge in [0.2, 0.25) is 0 Å². The number of H-pyrrole nitrogens is 1. The highest BCUT2D eigenvalue weighted by molar-refractivity contribution is 6.04. The number of nitrogens with two attached hydrogens (primary N) is 1. The van der Waals surface area contributed by atoms with Gasteiger partial charge in [0, 0.05) is 24.5 Å². The average molecular weight is 258 g/mol. The van der Waals surface area contributed by atoms with Crippen molar-refractivity contribution in [3.63, 3.8) is 0 Å². The summed E-state index contributed by atoms with van der Waals surface area (Å²) >= 11 is 0. The van der Waals surface area contributed by atoms with E-state index in [1.165, 1.54) is 0 Å². The van der Waals surface area contributed by atoms with E-state index >= 15 is 0 Å². The summed E-state index contributed by atoms with van der Waals surface area (Å²) in [6.45, 7) is 1.30. The number of rotatable bonds is 2. The number of carbonyl (C=O) groups is 1. The summed E-state index contributed by atoms with van der Waals surface area (Å²) in [4.78, 5) is 14.5. The van der Waals surface area contributed by atoms with E-state index in [0.717, 1.165) is 36.7 Å². The van der Waals surface area contributed by atoms with Crippen molar-refractivity contribution in [3.8, 4) is 0 Å². The molecule has 100 valence electrons. The van der Waals surface area contributed by atoms with Gasteiger partial charge in [-0.3, -0.25) is 9.89 Å². The maximum absolute atomic E-state index is 12.6. The number of nitrogens with one attached hydrogen (secondary N) is 1. The Morgan fingerprint density at radius 2 is 2.26 bits per heavy atom. The van der Waals surface area contributed by atoms with Gasteiger partial charge in [0.05, 0.1) is 5.52 Å². The molecule has 1 aliphatic heterocycles. The van der Waals surface area contributed by atoms with Crippen LogP contribution in [0.3, 0.4) is 0 Å². The summed E-state index contributed by atoms with van der Waals surface area (Å²) < 4.78 is 0. The lowest BCUT2D eigenvalue weighted by Gasteiger charge is -2.34. The number of hydrogen-bond donors (Lipinski definition) is 2. The molecule has 5 nitrogen and oxygen atoms in total. The summed E-state index contributed by atoms with van der Waals surface area (Å²) in [5, 5.41) is 7.98. The Morgan fingerprint density at radius 3 is 3.11 bits per heavy atom. The molecule has 1 fully saturated rings. The fourth-order valence-electron chi connectivity index (χ4n) is 2.78. The van der Waals surface area contributed by atoms with Gasteiger partial charge in [-0.05, 0) is 25.3 Å². The van der Waals surface area contributed by atoms with Crippen LogP contribution in [-0.2, 0) is 0 Å². The average Bonchev–Trinajstić information content (AvgIpc) is 2.90. The van der Waals surface area contributed by atoms with Gasteiger partial charge in [-0.15, -0.1) is 0 Å². The SMILES string of the molecule is NCC1CCCCN1C(=O)c1n[nH]c2ccccc12. The third-order valence-corrected chi connectivity index (χ3v) is 3.83. The van der Waals surface area contributed by atoms with Crippen LogP contribution in [0.5, 0.6) is 0 Å². The van der Waals surface area contributed by atoms with Crippen molar-refractivity contribution in [2.45, 2.75) is 25.3 Å². The van der Waals surface area contributed by atoms with Gasteiger partial charge in [-0.2, -0.15) is 5.10 Å². The Morgan fingerprint density at radius 1 is 1.42 bits per heavy atom. The van der Waals surface area contributed by atoms with Crippen LogP contribution in [0, 0.1) is 0 Å².